The first-order valence-electron chi connectivity index (χ1n) is 6.90. The van der Waals surface area contributed by atoms with Crippen LogP contribution in [-0.2, 0) is 4.74 Å². The van der Waals surface area contributed by atoms with E-state index in [0.29, 0.717) is 10.2 Å². The highest BCUT2D eigenvalue weighted by molar-refractivity contribution is 7.16. The first-order chi connectivity index (χ1) is 11.0. The number of rotatable bonds is 3. The fourth-order valence-corrected chi connectivity index (χ4v) is 3.16. The maximum Gasteiger partial charge on any atom is 0.356 e. The molecule has 23 heavy (non-hydrogen) atoms. The maximum absolute atomic E-state index is 12.6. The summed E-state index contributed by atoms with van der Waals surface area (Å²) in [6.07, 6.45) is 0. The highest BCUT2D eigenvalue weighted by atomic mass is 32.1. The Balaban J connectivity index is 2.23. The molecule has 0 radical (unpaired) electrons. The van der Waals surface area contributed by atoms with Crippen LogP contribution in [0.3, 0.4) is 0 Å². The molecule has 0 aromatic carbocycles. The zero-order chi connectivity index (χ0) is 16.6. The standard InChI is InChI=1S/C15H13N3O4S/c1-3-22-14(20)9-5-4-6-10(16-9)18-13(19)11-8(2)7-23-12(11)17-15(18)21/h4-7H,3H2,1-2H3,(H,17,21). The summed E-state index contributed by atoms with van der Waals surface area (Å²) in [5, 5.41) is 2.24. The van der Waals surface area contributed by atoms with Crippen molar-refractivity contribution in [1.29, 1.82) is 0 Å². The van der Waals surface area contributed by atoms with Crippen molar-refractivity contribution < 1.29 is 9.53 Å². The van der Waals surface area contributed by atoms with Crippen molar-refractivity contribution in [1.82, 2.24) is 14.5 Å². The number of H-pyrrole nitrogens is 1. The van der Waals surface area contributed by atoms with Gasteiger partial charge in [-0.3, -0.25) is 9.78 Å². The quantitative estimate of drug-likeness (QED) is 0.736. The van der Waals surface area contributed by atoms with Crippen LogP contribution in [0.25, 0.3) is 16.0 Å². The molecule has 1 N–H and O–H groups in total. The molecule has 0 saturated heterocycles. The van der Waals surface area contributed by atoms with Crippen molar-refractivity contribution in [3.63, 3.8) is 0 Å². The molecule has 0 amide bonds. The molecule has 3 aromatic rings. The number of esters is 1. The minimum atomic E-state index is -0.605. The zero-order valence-electron chi connectivity index (χ0n) is 12.5. The molecule has 3 aromatic heterocycles. The van der Waals surface area contributed by atoms with E-state index in [2.05, 4.69) is 9.97 Å². The zero-order valence-corrected chi connectivity index (χ0v) is 13.3. The van der Waals surface area contributed by atoms with Crippen LogP contribution in [0.1, 0.15) is 23.0 Å². The van der Waals surface area contributed by atoms with E-state index in [1.807, 2.05) is 0 Å². The van der Waals surface area contributed by atoms with Gasteiger partial charge in [-0.15, -0.1) is 11.3 Å². The van der Waals surface area contributed by atoms with E-state index in [1.54, 1.807) is 25.3 Å². The third-order valence-corrected chi connectivity index (χ3v) is 4.28. The number of hydrogen-bond donors (Lipinski definition) is 1. The lowest BCUT2D eigenvalue weighted by Crippen LogP contribution is -2.34. The number of thiophene rings is 1. The fraction of sp³-hybridized carbons (Fsp3) is 0.200. The van der Waals surface area contributed by atoms with Crippen LogP contribution in [0.5, 0.6) is 0 Å². The minimum absolute atomic E-state index is 0.0396. The number of aromatic nitrogens is 3. The van der Waals surface area contributed by atoms with Gasteiger partial charge < -0.3 is 4.74 Å². The largest absolute Gasteiger partial charge is 0.461 e. The van der Waals surface area contributed by atoms with Gasteiger partial charge in [-0.25, -0.2) is 19.1 Å². The van der Waals surface area contributed by atoms with Crippen LogP contribution in [0.2, 0.25) is 0 Å². The third-order valence-electron chi connectivity index (χ3n) is 3.26. The summed E-state index contributed by atoms with van der Waals surface area (Å²) in [5.74, 6) is -0.527. The Bertz CT molecular complexity index is 1020. The van der Waals surface area contributed by atoms with Crippen molar-refractivity contribution >= 4 is 27.5 Å². The molecule has 118 valence electrons. The summed E-state index contributed by atoms with van der Waals surface area (Å²) in [6, 6.07) is 4.51. The Morgan fingerprint density at radius 3 is 2.91 bits per heavy atom. The van der Waals surface area contributed by atoms with E-state index >= 15 is 0 Å². The lowest BCUT2D eigenvalue weighted by atomic mass is 10.2. The summed E-state index contributed by atoms with van der Waals surface area (Å²) in [4.78, 5) is 43.9. The predicted molar refractivity (Wildman–Crippen MR) is 86.5 cm³/mol. The van der Waals surface area contributed by atoms with Crippen LogP contribution < -0.4 is 11.2 Å². The lowest BCUT2D eigenvalue weighted by Gasteiger charge is -2.06. The van der Waals surface area contributed by atoms with Gasteiger partial charge >= 0.3 is 11.7 Å². The Labute approximate surface area is 134 Å². The second-order valence-electron chi connectivity index (χ2n) is 4.80. The van der Waals surface area contributed by atoms with Gasteiger partial charge in [0.2, 0.25) is 0 Å². The van der Waals surface area contributed by atoms with Crippen molar-refractivity contribution in [3.05, 3.63) is 55.7 Å². The molecule has 0 aliphatic carbocycles. The normalized spacial score (nSPS) is 10.9. The van der Waals surface area contributed by atoms with Crippen molar-refractivity contribution in [2.75, 3.05) is 6.61 Å². The Morgan fingerprint density at radius 1 is 1.39 bits per heavy atom. The molecule has 7 nitrogen and oxygen atoms in total. The first-order valence-corrected chi connectivity index (χ1v) is 7.78. The van der Waals surface area contributed by atoms with Gasteiger partial charge in [0.1, 0.15) is 10.6 Å². The molecule has 0 atom stereocenters. The van der Waals surface area contributed by atoms with Crippen LogP contribution >= 0.6 is 11.3 Å². The molecule has 0 fully saturated rings. The minimum Gasteiger partial charge on any atom is -0.461 e. The van der Waals surface area contributed by atoms with E-state index in [9.17, 15) is 14.4 Å². The second kappa shape index (κ2) is 5.81. The molecule has 3 rings (SSSR count). The number of fused-ring (bicyclic) bond motifs is 1. The molecule has 3 heterocycles. The van der Waals surface area contributed by atoms with Crippen LogP contribution in [0.15, 0.2) is 33.2 Å². The van der Waals surface area contributed by atoms with Crippen LogP contribution in [0, 0.1) is 6.92 Å². The molecule has 0 bridgehead atoms. The molecule has 0 aliphatic heterocycles. The number of hydrogen-bond acceptors (Lipinski definition) is 6. The van der Waals surface area contributed by atoms with Crippen molar-refractivity contribution in [3.8, 4) is 5.82 Å². The van der Waals surface area contributed by atoms with E-state index in [4.69, 9.17) is 4.74 Å². The average Bonchev–Trinajstić information content (AvgIpc) is 2.89. The summed E-state index contributed by atoms with van der Waals surface area (Å²) >= 11 is 1.30. The second-order valence-corrected chi connectivity index (χ2v) is 5.67. The number of pyridine rings is 1. The van der Waals surface area contributed by atoms with Gasteiger partial charge in [-0.05, 0) is 36.9 Å². The molecule has 0 saturated carbocycles. The average molecular weight is 331 g/mol. The topological polar surface area (TPSA) is 94.0 Å². The summed E-state index contributed by atoms with van der Waals surface area (Å²) < 4.78 is 5.80. The number of aromatic amines is 1. The van der Waals surface area contributed by atoms with E-state index < -0.39 is 17.2 Å². The van der Waals surface area contributed by atoms with Crippen molar-refractivity contribution in [2.24, 2.45) is 0 Å². The van der Waals surface area contributed by atoms with Gasteiger partial charge in [-0.2, -0.15) is 0 Å². The number of nitrogens with one attached hydrogen (secondary N) is 1. The maximum atomic E-state index is 12.6. The van der Waals surface area contributed by atoms with Gasteiger partial charge in [0.25, 0.3) is 5.56 Å². The SMILES string of the molecule is CCOC(=O)c1cccc(-n2c(=O)[nH]c3scc(C)c3c2=O)n1. The highest BCUT2D eigenvalue weighted by Gasteiger charge is 2.15. The molecule has 0 aliphatic rings. The fourth-order valence-electron chi connectivity index (χ4n) is 2.23. The van der Waals surface area contributed by atoms with Gasteiger partial charge in [0, 0.05) is 0 Å². The molecule has 8 heteroatoms. The van der Waals surface area contributed by atoms with Crippen molar-refractivity contribution in [2.45, 2.75) is 13.8 Å². The third kappa shape index (κ3) is 2.57. The molecule has 0 unspecified atom stereocenters. The van der Waals surface area contributed by atoms with Crippen LogP contribution in [-0.4, -0.2) is 27.1 Å². The van der Waals surface area contributed by atoms with Gasteiger partial charge in [0.15, 0.2) is 5.69 Å². The Hall–Kier alpha value is -2.74. The summed E-state index contributed by atoms with van der Waals surface area (Å²) in [5.41, 5.74) is -0.242. The smallest absolute Gasteiger partial charge is 0.356 e. The van der Waals surface area contributed by atoms with Gasteiger partial charge in [0.05, 0.1) is 12.0 Å². The summed E-state index contributed by atoms with van der Waals surface area (Å²) in [7, 11) is 0. The predicted octanol–water partition coefficient (Wildman–Crippen LogP) is 1.62. The first kappa shape index (κ1) is 15.2. The molecular weight excluding hydrogens is 318 g/mol. The monoisotopic (exact) mass is 331 g/mol. The lowest BCUT2D eigenvalue weighted by molar-refractivity contribution is 0.0519. The number of ether oxygens (including phenoxy) is 1. The van der Waals surface area contributed by atoms with E-state index in [0.717, 1.165) is 10.1 Å². The van der Waals surface area contributed by atoms with E-state index in [-0.39, 0.29) is 18.1 Å². The highest BCUT2D eigenvalue weighted by Crippen LogP contribution is 2.19. The number of nitrogens with zero attached hydrogens (tertiary/aromatic N) is 2. The van der Waals surface area contributed by atoms with Gasteiger partial charge in [-0.1, -0.05) is 6.07 Å². The molecular formula is C15H13N3O4S. The number of carbonyl (C=O) groups excluding carboxylic acids is 1. The summed E-state index contributed by atoms with van der Waals surface area (Å²) in [6.45, 7) is 3.70. The number of carbonyl (C=O) groups is 1. The Kier molecular flexibility index (Phi) is 3.83. The van der Waals surface area contributed by atoms with Crippen LogP contribution in [0.4, 0.5) is 0 Å². The van der Waals surface area contributed by atoms with E-state index in [1.165, 1.54) is 23.5 Å². The Morgan fingerprint density at radius 2 is 2.17 bits per heavy atom. The number of aryl methyl sites for hydroxylation is 1. The molecule has 0 spiro atoms.